The quantitative estimate of drug-likeness (QED) is 0.776. The molecule has 0 radical (unpaired) electrons. The van der Waals surface area contributed by atoms with Gasteiger partial charge in [0.15, 0.2) is 0 Å². The maximum Gasteiger partial charge on any atom is 0.405 e. The molecule has 0 aliphatic carbocycles. The molecular weight excluding hydrogens is 297 g/mol. The van der Waals surface area contributed by atoms with Crippen molar-refractivity contribution in [3.8, 4) is 0 Å². The average molecular weight is 312 g/mol. The molecule has 0 aromatic rings. The van der Waals surface area contributed by atoms with E-state index < -0.39 is 30.1 Å². The van der Waals surface area contributed by atoms with E-state index in [0.29, 0.717) is 18.6 Å². The lowest BCUT2D eigenvalue weighted by atomic mass is 9.96. The van der Waals surface area contributed by atoms with Crippen molar-refractivity contribution in [2.45, 2.75) is 36.9 Å². The van der Waals surface area contributed by atoms with Crippen molar-refractivity contribution in [1.82, 2.24) is 10.2 Å². The number of nitrogens with zero attached hydrogens (tertiary/aromatic N) is 1. The summed E-state index contributed by atoms with van der Waals surface area (Å²) in [4.78, 5) is 24.0. The van der Waals surface area contributed by atoms with Crippen molar-refractivity contribution >= 4 is 23.8 Å². The van der Waals surface area contributed by atoms with E-state index in [1.165, 1.54) is 16.7 Å². The van der Waals surface area contributed by atoms with E-state index >= 15 is 0 Å². The van der Waals surface area contributed by atoms with E-state index in [4.69, 9.17) is 5.11 Å². The Balaban J connectivity index is 2.12. The first-order chi connectivity index (χ1) is 9.29. The number of carboxylic acid groups (broad SMARTS) is 1. The summed E-state index contributed by atoms with van der Waals surface area (Å²) in [6.07, 6.45) is -5.05. The highest BCUT2D eigenvalue weighted by Gasteiger charge is 2.47. The molecule has 2 heterocycles. The van der Waals surface area contributed by atoms with Crippen molar-refractivity contribution < 1.29 is 27.9 Å². The summed E-state index contributed by atoms with van der Waals surface area (Å²) in [7, 11) is 0. The zero-order valence-electron chi connectivity index (χ0n) is 10.5. The van der Waals surface area contributed by atoms with Gasteiger partial charge in [-0.15, -0.1) is 11.8 Å². The largest absolute Gasteiger partial charge is 0.465 e. The Labute approximate surface area is 117 Å². The van der Waals surface area contributed by atoms with E-state index in [-0.39, 0.29) is 18.3 Å². The van der Waals surface area contributed by atoms with Crippen LogP contribution in [-0.2, 0) is 4.79 Å². The van der Waals surface area contributed by atoms with Gasteiger partial charge in [0.2, 0.25) is 5.91 Å². The number of hydrogen-bond donors (Lipinski definition) is 2. The molecule has 5 nitrogen and oxygen atoms in total. The molecule has 0 spiro atoms. The number of nitrogens with one attached hydrogen (secondary N) is 1. The third-order valence-corrected chi connectivity index (χ3v) is 4.93. The van der Waals surface area contributed by atoms with Crippen molar-refractivity contribution in [3.05, 3.63) is 0 Å². The molecular formula is C11H15F3N2O3S. The van der Waals surface area contributed by atoms with E-state index in [0.717, 1.165) is 0 Å². The molecule has 3 atom stereocenters. The fraction of sp³-hybridized carbons (Fsp3) is 0.818. The minimum atomic E-state index is -4.32. The first-order valence-corrected chi connectivity index (χ1v) is 7.32. The Morgan fingerprint density at radius 3 is 2.65 bits per heavy atom. The fourth-order valence-electron chi connectivity index (χ4n) is 2.55. The molecule has 0 aromatic carbocycles. The molecule has 2 N–H and O–H groups in total. The first kappa shape index (κ1) is 15.3. The number of alkyl halides is 3. The highest BCUT2D eigenvalue weighted by molar-refractivity contribution is 7.99. The van der Waals surface area contributed by atoms with Crippen LogP contribution in [0.2, 0.25) is 0 Å². The van der Waals surface area contributed by atoms with Crippen LogP contribution in [0.15, 0.2) is 0 Å². The second kappa shape index (κ2) is 5.71. The van der Waals surface area contributed by atoms with Crippen molar-refractivity contribution in [3.63, 3.8) is 0 Å². The molecule has 2 amide bonds. The van der Waals surface area contributed by atoms with Crippen LogP contribution >= 0.6 is 11.8 Å². The summed E-state index contributed by atoms with van der Waals surface area (Å²) >= 11 is 1.42. The van der Waals surface area contributed by atoms with Crippen LogP contribution in [0.3, 0.4) is 0 Å². The Kier molecular flexibility index (Phi) is 4.36. The maximum atomic E-state index is 12.8. The minimum absolute atomic E-state index is 0.0158. The van der Waals surface area contributed by atoms with E-state index in [1.807, 2.05) is 0 Å². The number of fused-ring (bicyclic) bond motifs is 1. The molecule has 2 aliphatic rings. The van der Waals surface area contributed by atoms with Crippen LogP contribution in [0, 0.1) is 5.92 Å². The third-order valence-electron chi connectivity index (χ3n) is 3.59. The Hall–Kier alpha value is -1.12. The third kappa shape index (κ3) is 3.31. The Morgan fingerprint density at radius 1 is 1.35 bits per heavy atom. The van der Waals surface area contributed by atoms with Crippen molar-refractivity contribution in [2.75, 3.05) is 12.3 Å². The highest BCUT2D eigenvalue weighted by Crippen LogP contribution is 2.39. The molecule has 2 fully saturated rings. The molecule has 2 aliphatic heterocycles. The van der Waals surface area contributed by atoms with Crippen molar-refractivity contribution in [1.29, 1.82) is 0 Å². The summed E-state index contributed by atoms with van der Waals surface area (Å²) in [6, 6.07) is -0.947. The van der Waals surface area contributed by atoms with Gasteiger partial charge in [-0.05, 0) is 25.0 Å². The highest BCUT2D eigenvalue weighted by atomic mass is 32.2. The zero-order chi connectivity index (χ0) is 14.9. The van der Waals surface area contributed by atoms with Gasteiger partial charge in [-0.3, -0.25) is 4.79 Å². The minimum Gasteiger partial charge on any atom is -0.465 e. The van der Waals surface area contributed by atoms with E-state index in [2.05, 4.69) is 5.32 Å². The number of carbonyl (C=O) groups excluding carboxylic acids is 1. The second-order valence-corrected chi connectivity index (χ2v) is 6.21. The van der Waals surface area contributed by atoms with Crippen LogP contribution in [0.4, 0.5) is 18.0 Å². The number of halogens is 3. The van der Waals surface area contributed by atoms with Gasteiger partial charge in [0.1, 0.15) is 6.04 Å². The van der Waals surface area contributed by atoms with E-state index in [1.54, 1.807) is 0 Å². The standard InChI is InChI=1S/C11H15F3N2O3S/c12-11(13,14)6-1-2-8-16(5-6)9(17)7(3-4-20-8)15-10(18)19/h6-8,15H,1-5H2,(H,18,19)/t6-,7-,8-/m0/s1. The number of rotatable bonds is 1. The SMILES string of the molecule is O=C(O)N[C@H]1CCS[C@H]2CC[C@H](C(F)(F)F)CN2C1=O. The van der Waals surface area contributed by atoms with Crippen LogP contribution in [0.1, 0.15) is 19.3 Å². The Bertz CT molecular complexity index is 405. The maximum absolute atomic E-state index is 12.8. The molecule has 114 valence electrons. The second-order valence-electron chi connectivity index (χ2n) is 4.92. The predicted molar refractivity (Wildman–Crippen MR) is 66.3 cm³/mol. The summed E-state index contributed by atoms with van der Waals surface area (Å²) in [5.74, 6) is -1.52. The lowest BCUT2D eigenvalue weighted by Gasteiger charge is -2.39. The molecule has 0 aromatic heterocycles. The summed E-state index contributed by atoms with van der Waals surface area (Å²) in [6.45, 7) is -0.377. The topological polar surface area (TPSA) is 69.6 Å². The van der Waals surface area contributed by atoms with Gasteiger partial charge in [0.05, 0.1) is 11.3 Å². The first-order valence-electron chi connectivity index (χ1n) is 6.27. The van der Waals surface area contributed by atoms with Gasteiger partial charge in [-0.1, -0.05) is 0 Å². The van der Waals surface area contributed by atoms with Crippen LogP contribution in [0.25, 0.3) is 0 Å². The van der Waals surface area contributed by atoms with Gasteiger partial charge in [0, 0.05) is 6.54 Å². The van der Waals surface area contributed by atoms with Gasteiger partial charge >= 0.3 is 12.3 Å². The molecule has 0 bridgehead atoms. The number of piperidine rings is 1. The van der Waals surface area contributed by atoms with Gasteiger partial charge in [-0.2, -0.15) is 13.2 Å². The van der Waals surface area contributed by atoms with E-state index in [9.17, 15) is 22.8 Å². The summed E-state index contributed by atoms with van der Waals surface area (Å²) in [5.41, 5.74) is 0. The number of thioether (sulfide) groups is 1. The van der Waals surface area contributed by atoms with Gasteiger partial charge < -0.3 is 15.3 Å². The molecule has 2 saturated heterocycles. The number of carbonyl (C=O) groups is 2. The number of hydrogen-bond acceptors (Lipinski definition) is 3. The molecule has 9 heteroatoms. The van der Waals surface area contributed by atoms with Gasteiger partial charge in [0.25, 0.3) is 0 Å². The lowest BCUT2D eigenvalue weighted by Crippen LogP contribution is -2.54. The smallest absolute Gasteiger partial charge is 0.405 e. The van der Waals surface area contributed by atoms with Gasteiger partial charge in [-0.25, -0.2) is 4.79 Å². The summed E-state index contributed by atoms with van der Waals surface area (Å²) < 4.78 is 38.3. The lowest BCUT2D eigenvalue weighted by molar-refractivity contribution is -0.189. The molecule has 0 saturated carbocycles. The van der Waals surface area contributed by atoms with Crippen LogP contribution in [-0.4, -0.2) is 51.9 Å². The fourth-order valence-corrected chi connectivity index (χ4v) is 3.86. The summed E-state index contributed by atoms with van der Waals surface area (Å²) in [5, 5.41) is 10.5. The van der Waals surface area contributed by atoms with Crippen LogP contribution < -0.4 is 5.32 Å². The van der Waals surface area contributed by atoms with Crippen LogP contribution in [0.5, 0.6) is 0 Å². The zero-order valence-corrected chi connectivity index (χ0v) is 11.3. The monoisotopic (exact) mass is 312 g/mol. The molecule has 2 rings (SSSR count). The Morgan fingerprint density at radius 2 is 2.05 bits per heavy atom. The predicted octanol–water partition coefficient (Wildman–Crippen LogP) is 1.89. The molecule has 20 heavy (non-hydrogen) atoms. The normalized spacial score (nSPS) is 31.4. The number of amides is 2. The molecule has 0 unspecified atom stereocenters. The average Bonchev–Trinajstić information content (AvgIpc) is 2.48. The van der Waals surface area contributed by atoms with Crippen molar-refractivity contribution in [2.24, 2.45) is 5.92 Å².